The van der Waals surface area contributed by atoms with E-state index in [0.717, 1.165) is 11.0 Å². The smallest absolute Gasteiger partial charge is 0.409 e. The van der Waals surface area contributed by atoms with Crippen molar-refractivity contribution >= 4 is 22.0 Å². The standard InChI is InChI=1S/C13H17BrN2O2/c1-16(9-10-4-2-3-5-10)13(17)18-12-6-11(14)7-15-8-12/h6-8,10H,2-5,9H2,1H3. The molecule has 0 spiro atoms. The number of hydrogen-bond acceptors (Lipinski definition) is 3. The highest BCUT2D eigenvalue weighted by molar-refractivity contribution is 9.10. The van der Waals surface area contributed by atoms with Gasteiger partial charge in [-0.05, 0) is 40.8 Å². The summed E-state index contributed by atoms with van der Waals surface area (Å²) in [5.41, 5.74) is 0. The van der Waals surface area contributed by atoms with Crippen LogP contribution in [-0.2, 0) is 0 Å². The molecule has 0 saturated heterocycles. The summed E-state index contributed by atoms with van der Waals surface area (Å²) < 4.78 is 6.06. The van der Waals surface area contributed by atoms with E-state index in [1.807, 2.05) is 0 Å². The molecule has 1 aromatic rings. The first kappa shape index (κ1) is 13.3. The molecule has 0 aromatic carbocycles. The van der Waals surface area contributed by atoms with Crippen LogP contribution in [0.25, 0.3) is 0 Å². The van der Waals surface area contributed by atoms with Gasteiger partial charge in [0.25, 0.3) is 0 Å². The average Bonchev–Trinajstić information content (AvgIpc) is 2.81. The molecule has 5 heteroatoms. The Morgan fingerprint density at radius 1 is 1.50 bits per heavy atom. The maximum Gasteiger partial charge on any atom is 0.415 e. The molecule has 0 N–H and O–H groups in total. The zero-order valence-electron chi connectivity index (χ0n) is 10.4. The fraction of sp³-hybridized carbons (Fsp3) is 0.538. The first-order chi connectivity index (χ1) is 8.65. The number of halogens is 1. The van der Waals surface area contributed by atoms with Crippen LogP contribution in [0, 0.1) is 5.92 Å². The highest BCUT2D eigenvalue weighted by atomic mass is 79.9. The van der Waals surface area contributed by atoms with Crippen molar-refractivity contribution in [2.75, 3.05) is 13.6 Å². The third-order valence-corrected chi connectivity index (χ3v) is 3.64. The van der Waals surface area contributed by atoms with Gasteiger partial charge in [-0.1, -0.05) is 12.8 Å². The second-order valence-electron chi connectivity index (χ2n) is 4.74. The summed E-state index contributed by atoms with van der Waals surface area (Å²) in [5, 5.41) is 0. The molecule has 0 aliphatic heterocycles. The monoisotopic (exact) mass is 312 g/mol. The minimum atomic E-state index is -0.318. The second kappa shape index (κ2) is 6.18. The van der Waals surface area contributed by atoms with Crippen molar-refractivity contribution in [1.82, 2.24) is 9.88 Å². The van der Waals surface area contributed by atoms with Gasteiger partial charge < -0.3 is 9.64 Å². The summed E-state index contributed by atoms with van der Waals surface area (Å²) >= 11 is 3.29. The van der Waals surface area contributed by atoms with Crippen LogP contribution in [0.1, 0.15) is 25.7 Å². The molecule has 1 amide bonds. The van der Waals surface area contributed by atoms with Gasteiger partial charge in [-0.15, -0.1) is 0 Å². The van der Waals surface area contributed by atoms with Crippen LogP contribution in [0.4, 0.5) is 4.79 Å². The Morgan fingerprint density at radius 3 is 2.89 bits per heavy atom. The quantitative estimate of drug-likeness (QED) is 0.858. The van der Waals surface area contributed by atoms with Crippen molar-refractivity contribution in [2.45, 2.75) is 25.7 Å². The number of nitrogens with zero attached hydrogens (tertiary/aromatic N) is 2. The summed E-state index contributed by atoms with van der Waals surface area (Å²) in [6.45, 7) is 0.778. The first-order valence-corrected chi connectivity index (χ1v) is 6.98. The lowest BCUT2D eigenvalue weighted by atomic mass is 10.1. The predicted molar refractivity (Wildman–Crippen MR) is 72.5 cm³/mol. The van der Waals surface area contributed by atoms with E-state index in [4.69, 9.17) is 4.74 Å². The van der Waals surface area contributed by atoms with Crippen LogP contribution in [0.3, 0.4) is 0 Å². The second-order valence-corrected chi connectivity index (χ2v) is 5.65. The van der Waals surface area contributed by atoms with Crippen molar-refractivity contribution in [3.8, 4) is 5.75 Å². The minimum Gasteiger partial charge on any atom is -0.409 e. The third kappa shape index (κ3) is 3.70. The Kier molecular flexibility index (Phi) is 4.58. The lowest BCUT2D eigenvalue weighted by Crippen LogP contribution is -2.33. The average molecular weight is 313 g/mol. The van der Waals surface area contributed by atoms with E-state index in [-0.39, 0.29) is 6.09 Å². The molecule has 1 aliphatic rings. The lowest BCUT2D eigenvalue weighted by Gasteiger charge is -2.20. The predicted octanol–water partition coefficient (Wildman–Crippen LogP) is 3.46. The van der Waals surface area contributed by atoms with Crippen LogP contribution < -0.4 is 4.74 Å². The third-order valence-electron chi connectivity index (χ3n) is 3.20. The zero-order valence-corrected chi connectivity index (χ0v) is 12.0. The van der Waals surface area contributed by atoms with Gasteiger partial charge in [0.15, 0.2) is 5.75 Å². The number of amides is 1. The van der Waals surface area contributed by atoms with Gasteiger partial charge in [0.05, 0.1) is 6.20 Å². The minimum absolute atomic E-state index is 0.318. The fourth-order valence-corrected chi connectivity index (χ4v) is 2.63. The molecule has 1 aromatic heterocycles. The number of aromatic nitrogens is 1. The van der Waals surface area contributed by atoms with E-state index in [9.17, 15) is 4.79 Å². The molecule has 0 radical (unpaired) electrons. The van der Waals surface area contributed by atoms with Crippen molar-refractivity contribution in [3.05, 3.63) is 22.9 Å². The zero-order chi connectivity index (χ0) is 13.0. The fourth-order valence-electron chi connectivity index (χ4n) is 2.28. The largest absolute Gasteiger partial charge is 0.415 e. The lowest BCUT2D eigenvalue weighted by molar-refractivity contribution is 0.155. The summed E-state index contributed by atoms with van der Waals surface area (Å²) in [6, 6.07) is 1.73. The van der Waals surface area contributed by atoms with Crippen molar-refractivity contribution in [2.24, 2.45) is 5.92 Å². The van der Waals surface area contributed by atoms with E-state index in [2.05, 4.69) is 20.9 Å². The summed E-state index contributed by atoms with van der Waals surface area (Å²) in [4.78, 5) is 17.5. The number of hydrogen-bond donors (Lipinski definition) is 0. The van der Waals surface area contributed by atoms with E-state index in [1.165, 1.54) is 31.9 Å². The number of rotatable bonds is 3. The summed E-state index contributed by atoms with van der Waals surface area (Å²) in [6.07, 6.45) is 7.87. The SMILES string of the molecule is CN(CC1CCCC1)C(=O)Oc1cncc(Br)c1. The summed E-state index contributed by atoms with van der Waals surface area (Å²) in [5.74, 6) is 1.09. The molecular formula is C13H17BrN2O2. The van der Waals surface area contributed by atoms with E-state index in [1.54, 1.807) is 24.2 Å². The van der Waals surface area contributed by atoms with Crippen LogP contribution in [0.2, 0.25) is 0 Å². The number of carbonyl (C=O) groups is 1. The molecule has 4 nitrogen and oxygen atoms in total. The van der Waals surface area contributed by atoms with Gasteiger partial charge in [0.1, 0.15) is 0 Å². The van der Waals surface area contributed by atoms with Crippen molar-refractivity contribution in [3.63, 3.8) is 0 Å². The maximum atomic E-state index is 11.9. The van der Waals surface area contributed by atoms with Gasteiger partial charge in [-0.25, -0.2) is 4.79 Å². The Labute approximate surface area is 115 Å². The molecule has 1 heterocycles. The molecule has 1 aliphatic carbocycles. The molecule has 98 valence electrons. The highest BCUT2D eigenvalue weighted by Crippen LogP contribution is 2.25. The van der Waals surface area contributed by atoms with Crippen molar-refractivity contribution < 1.29 is 9.53 Å². The molecule has 1 saturated carbocycles. The molecule has 1 fully saturated rings. The van der Waals surface area contributed by atoms with Gasteiger partial charge >= 0.3 is 6.09 Å². The molecule has 2 rings (SSSR count). The van der Waals surface area contributed by atoms with Crippen LogP contribution in [-0.4, -0.2) is 29.6 Å². The Morgan fingerprint density at radius 2 is 2.22 bits per heavy atom. The molecule has 0 atom stereocenters. The van der Waals surface area contributed by atoms with Gasteiger partial charge in [-0.3, -0.25) is 4.98 Å². The molecule has 0 unspecified atom stereocenters. The van der Waals surface area contributed by atoms with E-state index < -0.39 is 0 Å². The Balaban J connectivity index is 1.86. The van der Waals surface area contributed by atoms with Gasteiger partial charge in [-0.2, -0.15) is 0 Å². The Bertz CT molecular complexity index is 419. The number of pyridine rings is 1. The Hall–Kier alpha value is -1.10. The molecule has 0 bridgehead atoms. The topological polar surface area (TPSA) is 42.4 Å². The molecular weight excluding hydrogens is 296 g/mol. The number of carbonyl (C=O) groups excluding carboxylic acids is 1. The van der Waals surface area contributed by atoms with Gasteiger partial charge in [0, 0.05) is 24.3 Å². The van der Waals surface area contributed by atoms with E-state index >= 15 is 0 Å². The molecule has 18 heavy (non-hydrogen) atoms. The maximum absolute atomic E-state index is 11.9. The van der Waals surface area contributed by atoms with Gasteiger partial charge in [0.2, 0.25) is 0 Å². The summed E-state index contributed by atoms with van der Waals surface area (Å²) in [7, 11) is 1.78. The van der Waals surface area contributed by atoms with E-state index in [0.29, 0.717) is 11.7 Å². The number of ether oxygens (including phenoxy) is 1. The van der Waals surface area contributed by atoms with Crippen LogP contribution in [0.15, 0.2) is 22.9 Å². The van der Waals surface area contributed by atoms with Crippen LogP contribution in [0.5, 0.6) is 5.75 Å². The first-order valence-electron chi connectivity index (χ1n) is 6.18. The normalized spacial score (nSPS) is 15.7. The highest BCUT2D eigenvalue weighted by Gasteiger charge is 2.20. The van der Waals surface area contributed by atoms with Crippen LogP contribution >= 0.6 is 15.9 Å². The van der Waals surface area contributed by atoms with Crippen molar-refractivity contribution in [1.29, 1.82) is 0 Å².